The number of hydrogen-bond acceptors (Lipinski definition) is 6. The zero-order chi connectivity index (χ0) is 25.6. The molecule has 1 aliphatic rings. The van der Waals surface area contributed by atoms with Crippen molar-refractivity contribution in [3.05, 3.63) is 58.3 Å². The molecule has 5 nitrogen and oxygen atoms in total. The van der Waals surface area contributed by atoms with Crippen LogP contribution in [0, 0.1) is 5.92 Å². The minimum Gasteiger partial charge on any atom is -0.511 e. The van der Waals surface area contributed by atoms with Crippen LogP contribution in [0.2, 0.25) is 5.02 Å². The van der Waals surface area contributed by atoms with Gasteiger partial charge in [0.05, 0.1) is 17.9 Å². The number of allylic oxidation sites excluding steroid dienone is 3. The Morgan fingerprint density at radius 3 is 2.63 bits per heavy atom. The molecule has 1 aromatic carbocycles. The van der Waals surface area contributed by atoms with E-state index in [2.05, 4.69) is 19.0 Å². The molecule has 0 radical (unpaired) electrons. The van der Waals surface area contributed by atoms with E-state index in [1.54, 1.807) is 12.1 Å². The van der Waals surface area contributed by atoms with Gasteiger partial charge in [-0.15, -0.1) is 11.6 Å². The van der Waals surface area contributed by atoms with Crippen molar-refractivity contribution in [2.45, 2.75) is 64.2 Å². The molecule has 0 spiro atoms. The standard InChI is InChI=1S/C27H37Cl2NO4S/c1-4-8-23(27-24(31)16-20(17-25(27)32)15-19(3)35-5-2)30-34-18-26(33-14-7-6-13-28)21-9-11-22(29)12-10-21/h6-7,9-12,19-20,26,31H,4-5,8,13-18H2,1-3H3/b7-6+,30-23+. The van der Waals surface area contributed by atoms with Crippen molar-refractivity contribution in [3.63, 3.8) is 0 Å². The second kappa shape index (κ2) is 16.3. The average Bonchev–Trinajstić information content (AvgIpc) is 2.81. The monoisotopic (exact) mass is 541 g/mol. The molecule has 0 saturated heterocycles. The van der Waals surface area contributed by atoms with E-state index in [0.29, 0.717) is 53.3 Å². The van der Waals surface area contributed by atoms with Crippen LogP contribution in [0.3, 0.4) is 0 Å². The summed E-state index contributed by atoms with van der Waals surface area (Å²) in [6, 6.07) is 7.37. The van der Waals surface area contributed by atoms with Gasteiger partial charge in [-0.05, 0) is 42.2 Å². The second-order valence-corrected chi connectivity index (χ2v) is 11.1. The minimum absolute atomic E-state index is 0.0556. The van der Waals surface area contributed by atoms with Gasteiger partial charge >= 0.3 is 0 Å². The SMILES string of the molecule is CCC/C(=N\OCC(OC/C=C/CCl)c1ccc(Cl)cc1)C1=C(O)CC(CC(C)SCC)CC1=O. The molecule has 0 fully saturated rings. The molecule has 1 aromatic rings. The van der Waals surface area contributed by atoms with E-state index in [1.165, 1.54) is 0 Å². The highest BCUT2D eigenvalue weighted by atomic mass is 35.5. The Bertz CT molecular complexity index is 886. The molecule has 0 heterocycles. The summed E-state index contributed by atoms with van der Waals surface area (Å²) in [5.74, 6) is 1.70. The number of ketones is 1. The zero-order valence-electron chi connectivity index (χ0n) is 20.8. The molecule has 3 unspecified atom stereocenters. The van der Waals surface area contributed by atoms with E-state index in [4.69, 9.17) is 32.8 Å². The fraction of sp³-hybridized carbons (Fsp3) is 0.556. The summed E-state index contributed by atoms with van der Waals surface area (Å²) in [5, 5.41) is 16.2. The molecule has 0 saturated carbocycles. The molecule has 0 aromatic heterocycles. The van der Waals surface area contributed by atoms with Crippen LogP contribution in [0.4, 0.5) is 0 Å². The zero-order valence-corrected chi connectivity index (χ0v) is 23.2. The van der Waals surface area contributed by atoms with Crippen LogP contribution < -0.4 is 0 Å². The maximum atomic E-state index is 13.0. The van der Waals surface area contributed by atoms with Crippen LogP contribution >= 0.6 is 35.0 Å². The van der Waals surface area contributed by atoms with Crippen molar-refractivity contribution in [2.24, 2.45) is 11.1 Å². The molecule has 0 bridgehead atoms. The third kappa shape index (κ3) is 10.2. The Kier molecular flexibility index (Phi) is 13.9. The van der Waals surface area contributed by atoms with Gasteiger partial charge < -0.3 is 14.7 Å². The van der Waals surface area contributed by atoms with Crippen molar-refractivity contribution in [1.29, 1.82) is 0 Å². The highest BCUT2D eigenvalue weighted by molar-refractivity contribution is 7.99. The third-order valence-corrected chi connectivity index (χ3v) is 7.23. The van der Waals surface area contributed by atoms with E-state index >= 15 is 0 Å². The predicted molar refractivity (Wildman–Crippen MR) is 148 cm³/mol. The predicted octanol–water partition coefficient (Wildman–Crippen LogP) is 7.69. The fourth-order valence-corrected chi connectivity index (χ4v) is 5.37. The fourth-order valence-electron chi connectivity index (χ4n) is 4.15. The summed E-state index contributed by atoms with van der Waals surface area (Å²) >= 11 is 13.6. The number of carbonyl (C=O) groups excluding carboxylic acids is 1. The van der Waals surface area contributed by atoms with E-state index < -0.39 is 0 Å². The number of benzene rings is 1. The van der Waals surface area contributed by atoms with E-state index in [9.17, 15) is 9.90 Å². The van der Waals surface area contributed by atoms with Crippen molar-refractivity contribution in [1.82, 2.24) is 0 Å². The van der Waals surface area contributed by atoms with Crippen LogP contribution in [0.25, 0.3) is 0 Å². The summed E-state index contributed by atoms with van der Waals surface area (Å²) in [6.07, 6.45) is 6.45. The number of thioether (sulfide) groups is 1. The number of carbonyl (C=O) groups is 1. The summed E-state index contributed by atoms with van der Waals surface area (Å²) in [5.41, 5.74) is 1.73. The Labute approximate surface area is 223 Å². The first-order chi connectivity index (χ1) is 16.9. The highest BCUT2D eigenvalue weighted by Gasteiger charge is 2.31. The summed E-state index contributed by atoms with van der Waals surface area (Å²) in [6.45, 7) is 6.85. The molecule has 0 aliphatic heterocycles. The number of aliphatic hydroxyl groups is 1. The molecular weight excluding hydrogens is 505 g/mol. The van der Waals surface area contributed by atoms with Crippen molar-refractivity contribution < 1.29 is 19.5 Å². The van der Waals surface area contributed by atoms with Gasteiger partial charge in [0.15, 0.2) is 5.78 Å². The minimum atomic E-state index is -0.384. The lowest BCUT2D eigenvalue weighted by atomic mass is 9.82. The van der Waals surface area contributed by atoms with Gasteiger partial charge in [0, 0.05) is 29.0 Å². The first-order valence-electron chi connectivity index (χ1n) is 12.2. The maximum Gasteiger partial charge on any atom is 0.168 e. The summed E-state index contributed by atoms with van der Waals surface area (Å²) in [7, 11) is 0. The van der Waals surface area contributed by atoms with Crippen LogP contribution in [0.1, 0.15) is 64.5 Å². The number of Topliss-reactive ketones (excluding diaryl/α,β-unsaturated/α-hetero) is 1. The number of nitrogens with zero attached hydrogens (tertiary/aromatic N) is 1. The topological polar surface area (TPSA) is 68.1 Å². The molecule has 35 heavy (non-hydrogen) atoms. The molecule has 1 N–H and O–H groups in total. The van der Waals surface area contributed by atoms with Gasteiger partial charge in [-0.2, -0.15) is 11.8 Å². The molecular formula is C27H37Cl2NO4S. The summed E-state index contributed by atoms with van der Waals surface area (Å²) < 4.78 is 5.96. The number of aliphatic hydroxyl groups excluding tert-OH is 1. The number of oxime groups is 1. The Balaban J connectivity index is 2.13. The smallest absolute Gasteiger partial charge is 0.168 e. The number of rotatable bonds is 15. The normalized spacial score (nSPS) is 18.8. The average molecular weight is 543 g/mol. The van der Waals surface area contributed by atoms with Crippen LogP contribution in [0.15, 0.2) is 52.9 Å². The second-order valence-electron chi connectivity index (χ2n) is 8.60. The Hall–Kier alpha value is -1.47. The molecule has 194 valence electrons. The summed E-state index contributed by atoms with van der Waals surface area (Å²) in [4.78, 5) is 18.7. The van der Waals surface area contributed by atoms with Crippen molar-refractivity contribution in [2.75, 3.05) is 24.8 Å². The largest absolute Gasteiger partial charge is 0.511 e. The quantitative estimate of drug-likeness (QED) is 0.107. The number of halogens is 2. The van der Waals surface area contributed by atoms with Crippen molar-refractivity contribution in [3.8, 4) is 0 Å². The molecule has 3 atom stereocenters. The molecule has 0 amide bonds. The van der Waals surface area contributed by atoms with Crippen LogP contribution in [0.5, 0.6) is 0 Å². The highest BCUT2D eigenvalue weighted by Crippen LogP contribution is 2.33. The first-order valence-corrected chi connectivity index (χ1v) is 14.2. The van der Waals surface area contributed by atoms with Gasteiger partial charge in [-0.1, -0.05) is 68.2 Å². The van der Waals surface area contributed by atoms with Gasteiger partial charge in [0.25, 0.3) is 0 Å². The van der Waals surface area contributed by atoms with Gasteiger partial charge in [-0.25, -0.2) is 0 Å². The third-order valence-electron chi connectivity index (χ3n) is 5.71. The number of ether oxygens (including phenoxy) is 1. The van der Waals surface area contributed by atoms with E-state index in [0.717, 1.165) is 24.2 Å². The Morgan fingerprint density at radius 2 is 2.00 bits per heavy atom. The first kappa shape index (κ1) is 29.8. The Morgan fingerprint density at radius 1 is 1.26 bits per heavy atom. The van der Waals surface area contributed by atoms with Crippen LogP contribution in [-0.4, -0.2) is 46.7 Å². The molecule has 2 rings (SSSR count). The maximum absolute atomic E-state index is 13.0. The lowest BCUT2D eigenvalue weighted by Gasteiger charge is -2.26. The lowest BCUT2D eigenvalue weighted by Crippen LogP contribution is -2.26. The van der Waals surface area contributed by atoms with Gasteiger partial charge in [0.1, 0.15) is 18.5 Å². The van der Waals surface area contributed by atoms with E-state index in [1.807, 2.05) is 43.0 Å². The number of alkyl halides is 1. The van der Waals surface area contributed by atoms with Crippen LogP contribution in [-0.2, 0) is 14.4 Å². The molecule has 8 heteroatoms. The molecule has 1 aliphatic carbocycles. The van der Waals surface area contributed by atoms with Gasteiger partial charge in [0.2, 0.25) is 0 Å². The lowest BCUT2D eigenvalue weighted by molar-refractivity contribution is -0.116. The van der Waals surface area contributed by atoms with Crippen molar-refractivity contribution >= 4 is 46.5 Å². The van der Waals surface area contributed by atoms with Gasteiger partial charge in [-0.3, -0.25) is 4.79 Å². The number of hydrogen-bond donors (Lipinski definition) is 1. The van der Waals surface area contributed by atoms with E-state index in [-0.39, 0.29) is 30.2 Å².